The van der Waals surface area contributed by atoms with E-state index in [4.69, 9.17) is 11.6 Å². The molecule has 0 aromatic carbocycles. The highest BCUT2D eigenvalue weighted by Crippen LogP contribution is 2.22. The molecule has 5 heteroatoms. The zero-order valence-corrected chi connectivity index (χ0v) is 8.03. The third-order valence-electron chi connectivity index (χ3n) is 2.33. The van der Waals surface area contributed by atoms with Gasteiger partial charge in [-0.3, -0.25) is 4.90 Å². The van der Waals surface area contributed by atoms with Crippen LogP contribution in [0.15, 0.2) is 0 Å². The van der Waals surface area contributed by atoms with Crippen LogP contribution in [0.25, 0.3) is 0 Å². The van der Waals surface area contributed by atoms with Crippen LogP contribution in [-0.4, -0.2) is 36.6 Å². The third-order valence-corrected chi connectivity index (χ3v) is 2.76. The van der Waals surface area contributed by atoms with Gasteiger partial charge in [-0.2, -0.15) is 13.2 Å². The minimum absolute atomic E-state index is 0.408. The van der Waals surface area contributed by atoms with E-state index in [0.717, 1.165) is 12.8 Å². The summed E-state index contributed by atoms with van der Waals surface area (Å²) < 4.78 is 35.9. The van der Waals surface area contributed by atoms with Gasteiger partial charge in [0.25, 0.3) is 0 Å². The normalized spacial score (nSPS) is 22.2. The molecule has 0 aliphatic carbocycles. The number of piperidine rings is 1. The maximum atomic E-state index is 12.0. The van der Waals surface area contributed by atoms with Gasteiger partial charge in [0.1, 0.15) is 0 Å². The molecular weight excluding hydrogens is 203 g/mol. The van der Waals surface area contributed by atoms with E-state index in [1.807, 2.05) is 0 Å². The summed E-state index contributed by atoms with van der Waals surface area (Å²) in [6.45, 7) is 0.274. The Kier molecular flexibility index (Phi) is 3.86. The molecule has 78 valence electrons. The first-order valence-electron chi connectivity index (χ1n) is 4.36. The second-order valence-electron chi connectivity index (χ2n) is 3.49. The SMILES string of the molecule is FC(F)(F)CN1CCC(CCl)CC1. The molecule has 1 heterocycles. The topological polar surface area (TPSA) is 3.24 Å². The van der Waals surface area contributed by atoms with Crippen molar-refractivity contribution in [2.75, 3.05) is 25.5 Å². The maximum Gasteiger partial charge on any atom is 0.401 e. The van der Waals surface area contributed by atoms with Crippen LogP contribution in [0.5, 0.6) is 0 Å². The van der Waals surface area contributed by atoms with Gasteiger partial charge in [-0.05, 0) is 31.8 Å². The summed E-state index contributed by atoms with van der Waals surface area (Å²) in [5.74, 6) is 0.978. The van der Waals surface area contributed by atoms with E-state index < -0.39 is 12.7 Å². The monoisotopic (exact) mass is 215 g/mol. The summed E-state index contributed by atoms with van der Waals surface area (Å²) in [7, 11) is 0. The zero-order chi connectivity index (χ0) is 9.90. The number of hydrogen-bond donors (Lipinski definition) is 0. The molecule has 1 rings (SSSR count). The van der Waals surface area contributed by atoms with Crippen molar-refractivity contribution in [3.8, 4) is 0 Å². The van der Waals surface area contributed by atoms with E-state index in [0.29, 0.717) is 24.9 Å². The standard InChI is InChI=1S/C8H13ClF3N/c9-5-7-1-3-13(4-2-7)6-8(10,11)12/h7H,1-6H2. The second-order valence-corrected chi connectivity index (χ2v) is 3.80. The predicted molar refractivity (Wildman–Crippen MR) is 45.9 cm³/mol. The molecule has 0 bridgehead atoms. The molecule has 1 fully saturated rings. The predicted octanol–water partition coefficient (Wildman–Crippen LogP) is 2.50. The highest BCUT2D eigenvalue weighted by molar-refractivity contribution is 6.18. The summed E-state index contributed by atoms with van der Waals surface area (Å²) in [5, 5.41) is 0. The molecule has 0 saturated carbocycles. The lowest BCUT2D eigenvalue weighted by molar-refractivity contribution is -0.148. The molecule has 0 unspecified atom stereocenters. The van der Waals surface area contributed by atoms with Crippen LogP contribution in [0, 0.1) is 5.92 Å². The first-order chi connectivity index (χ1) is 6.01. The van der Waals surface area contributed by atoms with Crippen LogP contribution < -0.4 is 0 Å². The van der Waals surface area contributed by atoms with Gasteiger partial charge in [-0.1, -0.05) is 0 Å². The highest BCUT2D eigenvalue weighted by atomic mass is 35.5. The summed E-state index contributed by atoms with van der Waals surface area (Å²) in [6.07, 6.45) is -2.48. The Balaban J connectivity index is 2.25. The van der Waals surface area contributed by atoms with Gasteiger partial charge in [0.15, 0.2) is 0 Å². The van der Waals surface area contributed by atoms with E-state index in [1.165, 1.54) is 4.90 Å². The fourth-order valence-electron chi connectivity index (χ4n) is 1.55. The summed E-state index contributed by atoms with van der Waals surface area (Å²) >= 11 is 5.62. The van der Waals surface area contributed by atoms with Crippen molar-refractivity contribution in [3.63, 3.8) is 0 Å². The van der Waals surface area contributed by atoms with Gasteiger partial charge in [0, 0.05) is 5.88 Å². The Hall–Kier alpha value is 0.0400. The van der Waals surface area contributed by atoms with Gasteiger partial charge in [-0.25, -0.2) is 0 Å². The van der Waals surface area contributed by atoms with E-state index >= 15 is 0 Å². The largest absolute Gasteiger partial charge is 0.401 e. The molecule has 1 aliphatic heterocycles. The van der Waals surface area contributed by atoms with Crippen LogP contribution in [0.3, 0.4) is 0 Å². The molecule has 0 spiro atoms. The lowest BCUT2D eigenvalue weighted by atomic mass is 9.99. The van der Waals surface area contributed by atoms with E-state index in [9.17, 15) is 13.2 Å². The minimum atomic E-state index is -4.06. The average molecular weight is 216 g/mol. The molecule has 0 aromatic rings. The van der Waals surface area contributed by atoms with Gasteiger partial charge < -0.3 is 0 Å². The Morgan fingerprint density at radius 3 is 2.15 bits per heavy atom. The van der Waals surface area contributed by atoms with E-state index in [-0.39, 0.29) is 0 Å². The van der Waals surface area contributed by atoms with Crippen LogP contribution in [0.2, 0.25) is 0 Å². The van der Waals surface area contributed by atoms with Crippen molar-refractivity contribution in [1.82, 2.24) is 4.90 Å². The fraction of sp³-hybridized carbons (Fsp3) is 1.00. The Bertz CT molecular complexity index is 152. The van der Waals surface area contributed by atoms with Gasteiger partial charge >= 0.3 is 6.18 Å². The quantitative estimate of drug-likeness (QED) is 0.640. The van der Waals surface area contributed by atoms with Crippen LogP contribution in [0.1, 0.15) is 12.8 Å². The lowest BCUT2D eigenvalue weighted by Crippen LogP contribution is -2.40. The molecule has 0 amide bonds. The lowest BCUT2D eigenvalue weighted by Gasteiger charge is -2.31. The van der Waals surface area contributed by atoms with Gasteiger partial charge in [0.2, 0.25) is 0 Å². The van der Waals surface area contributed by atoms with E-state index in [2.05, 4.69) is 0 Å². The van der Waals surface area contributed by atoms with E-state index in [1.54, 1.807) is 0 Å². The minimum Gasteiger partial charge on any atom is -0.295 e. The zero-order valence-electron chi connectivity index (χ0n) is 7.28. The van der Waals surface area contributed by atoms with Crippen molar-refractivity contribution < 1.29 is 13.2 Å². The highest BCUT2D eigenvalue weighted by Gasteiger charge is 2.32. The van der Waals surface area contributed by atoms with Crippen molar-refractivity contribution in [2.24, 2.45) is 5.92 Å². The first kappa shape index (κ1) is 11.1. The summed E-state index contributed by atoms with van der Waals surface area (Å²) in [6, 6.07) is 0. The third kappa shape index (κ3) is 4.18. The molecule has 0 atom stereocenters. The molecule has 0 aromatic heterocycles. The number of nitrogens with zero attached hydrogens (tertiary/aromatic N) is 1. The first-order valence-corrected chi connectivity index (χ1v) is 4.90. The Morgan fingerprint density at radius 1 is 1.23 bits per heavy atom. The van der Waals surface area contributed by atoms with Crippen molar-refractivity contribution in [1.29, 1.82) is 0 Å². The number of halogens is 4. The van der Waals surface area contributed by atoms with Crippen molar-refractivity contribution in [3.05, 3.63) is 0 Å². The molecule has 0 radical (unpaired) electrons. The van der Waals surface area contributed by atoms with Crippen LogP contribution in [-0.2, 0) is 0 Å². The smallest absolute Gasteiger partial charge is 0.295 e. The van der Waals surface area contributed by atoms with Crippen LogP contribution >= 0.6 is 11.6 Å². The average Bonchev–Trinajstić information content (AvgIpc) is 2.03. The Labute approximate surface area is 80.8 Å². The number of hydrogen-bond acceptors (Lipinski definition) is 1. The number of likely N-dealkylation sites (tertiary alicyclic amines) is 1. The Morgan fingerprint density at radius 2 is 1.77 bits per heavy atom. The summed E-state index contributed by atoms with van der Waals surface area (Å²) in [4.78, 5) is 1.45. The van der Waals surface area contributed by atoms with Crippen molar-refractivity contribution >= 4 is 11.6 Å². The molecule has 1 saturated heterocycles. The van der Waals surface area contributed by atoms with Gasteiger partial charge in [0.05, 0.1) is 6.54 Å². The molecule has 1 nitrogen and oxygen atoms in total. The molecule has 13 heavy (non-hydrogen) atoms. The maximum absolute atomic E-state index is 12.0. The number of rotatable bonds is 2. The second kappa shape index (κ2) is 4.51. The summed E-state index contributed by atoms with van der Waals surface area (Å²) in [5.41, 5.74) is 0. The fourth-order valence-corrected chi connectivity index (χ4v) is 1.86. The van der Waals surface area contributed by atoms with Crippen LogP contribution in [0.4, 0.5) is 13.2 Å². The molecule has 0 N–H and O–H groups in total. The van der Waals surface area contributed by atoms with Crippen molar-refractivity contribution in [2.45, 2.75) is 19.0 Å². The number of alkyl halides is 4. The molecular formula is C8H13ClF3N. The molecule has 1 aliphatic rings. The van der Waals surface area contributed by atoms with Gasteiger partial charge in [-0.15, -0.1) is 11.6 Å².